The Morgan fingerprint density at radius 1 is 0.756 bits per heavy atom. The van der Waals surface area contributed by atoms with Crippen LogP contribution in [0.2, 0.25) is 0 Å². The number of nitrogens with zero attached hydrogens (tertiary/aromatic N) is 1. The van der Waals surface area contributed by atoms with E-state index in [1.165, 1.54) is 19.3 Å². The molecule has 0 N–H and O–H groups in total. The molecule has 0 aliphatic carbocycles. The zero-order valence-electron chi connectivity index (χ0n) is 23.9. The molecule has 8 heteroatoms. The van der Waals surface area contributed by atoms with Crippen molar-refractivity contribution < 1.29 is 32.2 Å². The molecular weight excluding hydrogens is 531 g/mol. The Labute approximate surface area is 241 Å². The first kappa shape index (κ1) is 32.1. The van der Waals surface area contributed by atoms with Crippen molar-refractivity contribution in [2.75, 3.05) is 19.8 Å². The molecule has 0 fully saturated rings. The van der Waals surface area contributed by atoms with Gasteiger partial charge in [-0.15, -0.1) is 0 Å². The third-order valence-corrected chi connectivity index (χ3v) is 6.73. The standard InChI is InChI=1S/C33H40F3NO4/c1-3-4-5-8-22-40-30-18-15-27(16-19-30)31-20-17-29(24-37-31)26-11-13-28(14-12-26)32(38)41-23-10-7-6-9-21-39-25(2)33(34,35)36/h11-20,24-25H,3-10,21-23H2,1-2H3. The minimum absolute atomic E-state index is 0.0624. The molecule has 1 unspecified atom stereocenters. The van der Waals surface area contributed by atoms with Crippen molar-refractivity contribution in [1.29, 1.82) is 0 Å². The Morgan fingerprint density at radius 2 is 1.37 bits per heavy atom. The fourth-order valence-corrected chi connectivity index (χ4v) is 4.14. The largest absolute Gasteiger partial charge is 0.494 e. The van der Waals surface area contributed by atoms with E-state index in [2.05, 4.69) is 11.9 Å². The third-order valence-electron chi connectivity index (χ3n) is 6.73. The predicted molar refractivity (Wildman–Crippen MR) is 155 cm³/mol. The fraction of sp³-hybridized carbons (Fsp3) is 0.455. The number of halogens is 3. The monoisotopic (exact) mass is 571 g/mol. The number of esters is 1. The summed E-state index contributed by atoms with van der Waals surface area (Å²) in [6.45, 7) is 4.26. The molecule has 1 heterocycles. The van der Waals surface area contributed by atoms with Crippen molar-refractivity contribution >= 4 is 5.97 Å². The normalized spacial score (nSPS) is 12.2. The van der Waals surface area contributed by atoms with E-state index in [0.29, 0.717) is 24.8 Å². The molecule has 0 saturated carbocycles. The Bertz CT molecular complexity index is 1160. The minimum atomic E-state index is -4.33. The van der Waals surface area contributed by atoms with E-state index in [9.17, 15) is 18.0 Å². The first-order valence-corrected chi connectivity index (χ1v) is 14.4. The van der Waals surface area contributed by atoms with Crippen LogP contribution in [0.25, 0.3) is 22.4 Å². The molecular formula is C33H40F3NO4. The molecule has 0 aliphatic rings. The second-order valence-electron chi connectivity index (χ2n) is 10.0. The van der Waals surface area contributed by atoms with Gasteiger partial charge in [0.25, 0.3) is 0 Å². The maximum atomic E-state index is 12.4. The Morgan fingerprint density at radius 3 is 2.00 bits per heavy atom. The number of pyridine rings is 1. The molecule has 0 aliphatic heterocycles. The molecule has 3 rings (SSSR count). The smallest absolute Gasteiger partial charge is 0.414 e. The Kier molecular flexibility index (Phi) is 13.1. The van der Waals surface area contributed by atoms with Crippen LogP contribution >= 0.6 is 0 Å². The molecule has 3 aromatic rings. The van der Waals surface area contributed by atoms with E-state index < -0.39 is 18.2 Å². The number of carbonyl (C=O) groups excluding carboxylic acids is 1. The van der Waals surface area contributed by atoms with Crippen molar-refractivity contribution in [1.82, 2.24) is 4.98 Å². The highest BCUT2D eigenvalue weighted by atomic mass is 19.4. The van der Waals surface area contributed by atoms with E-state index >= 15 is 0 Å². The van der Waals surface area contributed by atoms with Crippen LogP contribution in [0.15, 0.2) is 66.9 Å². The fourth-order valence-electron chi connectivity index (χ4n) is 4.14. The Balaban J connectivity index is 1.38. The number of ether oxygens (including phenoxy) is 3. The van der Waals surface area contributed by atoms with Crippen LogP contribution in [-0.4, -0.2) is 43.1 Å². The van der Waals surface area contributed by atoms with Crippen LogP contribution in [0, 0.1) is 0 Å². The van der Waals surface area contributed by atoms with Crippen LogP contribution < -0.4 is 4.74 Å². The van der Waals surface area contributed by atoms with Gasteiger partial charge in [-0.1, -0.05) is 50.8 Å². The second-order valence-corrected chi connectivity index (χ2v) is 10.0. The maximum Gasteiger partial charge on any atom is 0.414 e. The SMILES string of the molecule is CCCCCCOc1ccc(-c2ccc(-c3ccc(C(=O)OCCCCCCOC(C)C(F)(F)F)cc3)cn2)cc1. The molecule has 222 valence electrons. The summed E-state index contributed by atoms with van der Waals surface area (Å²) in [4.78, 5) is 17.0. The van der Waals surface area contributed by atoms with Crippen LogP contribution in [-0.2, 0) is 9.47 Å². The molecule has 0 saturated heterocycles. The molecule has 5 nitrogen and oxygen atoms in total. The topological polar surface area (TPSA) is 57.7 Å². The predicted octanol–water partition coefficient (Wildman–Crippen LogP) is 9.06. The summed E-state index contributed by atoms with van der Waals surface area (Å²) in [7, 11) is 0. The summed E-state index contributed by atoms with van der Waals surface area (Å²) in [6.07, 6.45) is 3.08. The summed E-state index contributed by atoms with van der Waals surface area (Å²) < 4.78 is 53.1. The minimum Gasteiger partial charge on any atom is -0.494 e. The lowest BCUT2D eigenvalue weighted by Gasteiger charge is -2.16. The highest BCUT2D eigenvalue weighted by Crippen LogP contribution is 2.25. The molecule has 1 aromatic heterocycles. The van der Waals surface area contributed by atoms with Crippen molar-refractivity contribution in [2.24, 2.45) is 0 Å². The lowest BCUT2D eigenvalue weighted by Crippen LogP contribution is -2.28. The lowest BCUT2D eigenvalue weighted by atomic mass is 10.0. The van der Waals surface area contributed by atoms with Crippen LogP contribution in [0.4, 0.5) is 13.2 Å². The second kappa shape index (κ2) is 16.8. The molecule has 1 atom stereocenters. The first-order valence-electron chi connectivity index (χ1n) is 14.4. The van der Waals surface area contributed by atoms with Crippen LogP contribution in [0.3, 0.4) is 0 Å². The zero-order valence-corrected chi connectivity index (χ0v) is 23.9. The maximum absolute atomic E-state index is 12.4. The van der Waals surface area contributed by atoms with Gasteiger partial charge in [0, 0.05) is 23.9 Å². The van der Waals surface area contributed by atoms with Crippen molar-refractivity contribution in [3.8, 4) is 28.1 Å². The van der Waals surface area contributed by atoms with Crippen molar-refractivity contribution in [2.45, 2.75) is 77.5 Å². The third kappa shape index (κ3) is 11.2. The highest BCUT2D eigenvalue weighted by molar-refractivity contribution is 5.90. The van der Waals surface area contributed by atoms with Gasteiger partial charge in [-0.25, -0.2) is 4.79 Å². The lowest BCUT2D eigenvalue weighted by molar-refractivity contribution is -0.214. The first-order chi connectivity index (χ1) is 19.8. The average Bonchev–Trinajstić information content (AvgIpc) is 2.98. The van der Waals surface area contributed by atoms with Gasteiger partial charge < -0.3 is 14.2 Å². The zero-order chi connectivity index (χ0) is 29.5. The van der Waals surface area contributed by atoms with Crippen molar-refractivity contribution in [3.05, 3.63) is 72.4 Å². The molecule has 2 aromatic carbocycles. The van der Waals surface area contributed by atoms with Gasteiger partial charge in [-0.2, -0.15) is 13.2 Å². The van der Waals surface area contributed by atoms with E-state index in [1.54, 1.807) is 12.1 Å². The van der Waals surface area contributed by atoms with Gasteiger partial charge in [0.1, 0.15) is 5.75 Å². The van der Waals surface area contributed by atoms with E-state index in [0.717, 1.165) is 54.5 Å². The number of hydrogen-bond donors (Lipinski definition) is 0. The highest BCUT2D eigenvalue weighted by Gasteiger charge is 2.36. The molecule has 0 spiro atoms. The summed E-state index contributed by atoms with van der Waals surface area (Å²) in [5.74, 6) is 0.462. The van der Waals surface area contributed by atoms with Gasteiger partial charge in [0.15, 0.2) is 6.10 Å². The summed E-state index contributed by atoms with van der Waals surface area (Å²) >= 11 is 0. The molecule has 0 bridgehead atoms. The summed E-state index contributed by atoms with van der Waals surface area (Å²) in [5, 5.41) is 0. The summed E-state index contributed by atoms with van der Waals surface area (Å²) in [5.41, 5.74) is 4.22. The number of carbonyl (C=O) groups is 1. The van der Waals surface area contributed by atoms with Gasteiger partial charge in [-0.05, 0) is 80.6 Å². The van der Waals surface area contributed by atoms with E-state index in [1.807, 2.05) is 54.7 Å². The van der Waals surface area contributed by atoms with Crippen molar-refractivity contribution in [3.63, 3.8) is 0 Å². The molecule has 0 radical (unpaired) electrons. The van der Waals surface area contributed by atoms with Gasteiger partial charge in [0.05, 0.1) is 24.5 Å². The van der Waals surface area contributed by atoms with Gasteiger partial charge >= 0.3 is 12.1 Å². The van der Waals surface area contributed by atoms with E-state index in [4.69, 9.17) is 14.2 Å². The molecule has 41 heavy (non-hydrogen) atoms. The number of hydrogen-bond acceptors (Lipinski definition) is 5. The average molecular weight is 572 g/mol. The van der Waals surface area contributed by atoms with Gasteiger partial charge in [-0.3, -0.25) is 4.98 Å². The van der Waals surface area contributed by atoms with Crippen LogP contribution in [0.1, 0.15) is 75.6 Å². The number of alkyl halides is 3. The van der Waals surface area contributed by atoms with E-state index in [-0.39, 0.29) is 13.2 Å². The van der Waals surface area contributed by atoms with Gasteiger partial charge in [0.2, 0.25) is 0 Å². The summed E-state index contributed by atoms with van der Waals surface area (Å²) in [6, 6.07) is 19.1. The number of aromatic nitrogens is 1. The molecule has 0 amide bonds. The number of rotatable bonds is 17. The Hall–Kier alpha value is -3.39. The number of unbranched alkanes of at least 4 members (excludes halogenated alkanes) is 6. The quantitative estimate of drug-likeness (QED) is 0.119. The van der Waals surface area contributed by atoms with Crippen LogP contribution in [0.5, 0.6) is 5.75 Å². The number of benzene rings is 2.